The quantitative estimate of drug-likeness (QED) is 0.740. The van der Waals surface area contributed by atoms with E-state index in [4.69, 9.17) is 5.11 Å². The highest BCUT2D eigenvalue weighted by atomic mass is 16.4. The van der Waals surface area contributed by atoms with Gasteiger partial charge in [0.15, 0.2) is 0 Å². The summed E-state index contributed by atoms with van der Waals surface area (Å²) in [6, 6.07) is 4.82. The topological polar surface area (TPSA) is 105 Å². The largest absolute Gasteiger partial charge is 0.478 e. The van der Waals surface area contributed by atoms with E-state index in [1.165, 1.54) is 24.7 Å². The molecular weight excluding hydrogens is 272 g/mol. The van der Waals surface area contributed by atoms with Crippen LogP contribution in [0.4, 0.5) is 5.82 Å². The Morgan fingerprint density at radius 2 is 2.24 bits per heavy atom. The predicted molar refractivity (Wildman–Crippen MR) is 74.0 cm³/mol. The van der Waals surface area contributed by atoms with Gasteiger partial charge in [-0.25, -0.2) is 9.78 Å². The van der Waals surface area contributed by atoms with Gasteiger partial charge in [0, 0.05) is 18.0 Å². The van der Waals surface area contributed by atoms with Gasteiger partial charge in [0.2, 0.25) is 0 Å². The van der Waals surface area contributed by atoms with Crippen LogP contribution in [-0.2, 0) is 6.54 Å². The number of carboxylic acids is 1. The minimum Gasteiger partial charge on any atom is -0.478 e. The van der Waals surface area contributed by atoms with Gasteiger partial charge in [-0.2, -0.15) is 14.6 Å². The Labute approximate surface area is 119 Å². The number of hydrogen-bond acceptors (Lipinski definition) is 6. The summed E-state index contributed by atoms with van der Waals surface area (Å²) in [5, 5.41) is 16.2. The molecule has 3 aromatic heterocycles. The van der Waals surface area contributed by atoms with Crippen molar-refractivity contribution in [2.45, 2.75) is 13.5 Å². The van der Waals surface area contributed by atoms with Gasteiger partial charge in [-0.1, -0.05) is 0 Å². The number of nitrogens with zero attached hydrogens (tertiary/aromatic N) is 5. The Kier molecular flexibility index (Phi) is 3.19. The maximum atomic E-state index is 10.9. The fourth-order valence-electron chi connectivity index (χ4n) is 1.95. The zero-order valence-corrected chi connectivity index (χ0v) is 11.2. The van der Waals surface area contributed by atoms with Gasteiger partial charge in [-0.3, -0.25) is 4.98 Å². The van der Waals surface area contributed by atoms with Gasteiger partial charge in [-0.15, -0.1) is 0 Å². The lowest BCUT2D eigenvalue weighted by atomic mass is 10.2. The predicted octanol–water partition coefficient (Wildman–Crippen LogP) is 1.14. The van der Waals surface area contributed by atoms with Gasteiger partial charge in [0.25, 0.3) is 5.78 Å². The van der Waals surface area contributed by atoms with E-state index in [9.17, 15) is 4.79 Å². The summed E-state index contributed by atoms with van der Waals surface area (Å²) in [5.41, 5.74) is 1.64. The van der Waals surface area contributed by atoms with E-state index in [0.717, 1.165) is 11.5 Å². The second-order valence-corrected chi connectivity index (χ2v) is 4.45. The molecule has 8 nitrogen and oxygen atoms in total. The van der Waals surface area contributed by atoms with Crippen LogP contribution in [0.5, 0.6) is 0 Å². The summed E-state index contributed by atoms with van der Waals surface area (Å²) < 4.78 is 1.58. The monoisotopic (exact) mass is 284 g/mol. The van der Waals surface area contributed by atoms with E-state index in [2.05, 4.69) is 25.4 Å². The molecule has 0 unspecified atom stereocenters. The van der Waals surface area contributed by atoms with Crippen LogP contribution in [0.1, 0.15) is 21.7 Å². The van der Waals surface area contributed by atoms with Crippen LogP contribution in [0.25, 0.3) is 5.78 Å². The van der Waals surface area contributed by atoms with Crippen molar-refractivity contribution in [3.8, 4) is 0 Å². The van der Waals surface area contributed by atoms with Crippen LogP contribution in [0.15, 0.2) is 30.7 Å². The summed E-state index contributed by atoms with van der Waals surface area (Å²) in [6.45, 7) is 2.24. The lowest BCUT2D eigenvalue weighted by Crippen LogP contribution is -2.09. The molecule has 8 heteroatoms. The first-order valence-corrected chi connectivity index (χ1v) is 6.23. The molecule has 21 heavy (non-hydrogen) atoms. The van der Waals surface area contributed by atoms with E-state index in [0.29, 0.717) is 18.0 Å². The average Bonchev–Trinajstić information content (AvgIpc) is 2.93. The first-order valence-electron chi connectivity index (χ1n) is 6.23. The van der Waals surface area contributed by atoms with Gasteiger partial charge in [0.05, 0.1) is 17.8 Å². The third kappa shape index (κ3) is 2.64. The minimum atomic E-state index is -0.975. The van der Waals surface area contributed by atoms with Crippen molar-refractivity contribution in [2.24, 2.45) is 0 Å². The molecule has 3 aromatic rings. The molecule has 0 aliphatic rings. The van der Waals surface area contributed by atoms with Crippen LogP contribution in [0.3, 0.4) is 0 Å². The fraction of sp³-hybridized carbons (Fsp3) is 0.154. The van der Waals surface area contributed by atoms with Crippen molar-refractivity contribution < 1.29 is 9.90 Å². The van der Waals surface area contributed by atoms with Gasteiger partial charge in [-0.05, 0) is 19.1 Å². The Morgan fingerprint density at radius 3 is 3.05 bits per heavy atom. The van der Waals surface area contributed by atoms with Crippen molar-refractivity contribution in [3.05, 3.63) is 47.7 Å². The highest BCUT2D eigenvalue weighted by Crippen LogP contribution is 2.11. The molecule has 0 aromatic carbocycles. The molecular formula is C13H12N6O2. The van der Waals surface area contributed by atoms with Crippen molar-refractivity contribution in [1.29, 1.82) is 0 Å². The smallest absolute Gasteiger partial charge is 0.335 e. The Morgan fingerprint density at radius 1 is 1.38 bits per heavy atom. The molecule has 106 valence electrons. The van der Waals surface area contributed by atoms with Crippen molar-refractivity contribution in [3.63, 3.8) is 0 Å². The van der Waals surface area contributed by atoms with Gasteiger partial charge < -0.3 is 10.4 Å². The fourth-order valence-corrected chi connectivity index (χ4v) is 1.95. The number of carbonyl (C=O) groups is 1. The number of carboxylic acid groups (broad SMARTS) is 1. The Hall–Kier alpha value is -3.03. The number of fused-ring (bicyclic) bond motifs is 1. The van der Waals surface area contributed by atoms with E-state index in [1.807, 2.05) is 13.0 Å². The molecule has 3 rings (SSSR count). The SMILES string of the molecule is Cc1cc(NCc2cc(C(=O)O)ccn2)n2ncnc2n1. The Balaban J connectivity index is 1.85. The normalized spacial score (nSPS) is 10.7. The molecule has 2 N–H and O–H groups in total. The zero-order chi connectivity index (χ0) is 14.8. The van der Waals surface area contributed by atoms with Crippen molar-refractivity contribution >= 4 is 17.6 Å². The van der Waals surface area contributed by atoms with Crippen LogP contribution < -0.4 is 5.32 Å². The number of rotatable bonds is 4. The summed E-state index contributed by atoms with van der Waals surface area (Å²) in [4.78, 5) is 23.4. The number of pyridine rings is 1. The van der Waals surface area contributed by atoms with Crippen molar-refractivity contribution in [1.82, 2.24) is 24.6 Å². The molecule has 0 bridgehead atoms. The molecule has 0 fully saturated rings. The second kappa shape index (κ2) is 5.16. The molecule has 0 atom stereocenters. The van der Waals surface area contributed by atoms with E-state index < -0.39 is 5.97 Å². The lowest BCUT2D eigenvalue weighted by molar-refractivity contribution is 0.0696. The number of anilines is 1. The maximum absolute atomic E-state index is 10.9. The molecule has 0 aliphatic heterocycles. The minimum absolute atomic E-state index is 0.207. The van der Waals surface area contributed by atoms with Crippen LogP contribution in [-0.4, -0.2) is 35.6 Å². The zero-order valence-electron chi connectivity index (χ0n) is 11.2. The first kappa shape index (κ1) is 13.0. The number of aryl methyl sites for hydroxylation is 1. The third-order valence-corrected chi connectivity index (χ3v) is 2.89. The Bertz CT molecular complexity index is 813. The summed E-state index contributed by atoms with van der Waals surface area (Å²) in [7, 11) is 0. The summed E-state index contributed by atoms with van der Waals surface area (Å²) in [6.07, 6.45) is 2.90. The number of aromatic carboxylic acids is 1. The first-order chi connectivity index (χ1) is 10.1. The van der Waals surface area contributed by atoms with E-state index in [1.54, 1.807) is 4.52 Å². The van der Waals surface area contributed by atoms with E-state index >= 15 is 0 Å². The highest BCUT2D eigenvalue weighted by molar-refractivity contribution is 5.87. The van der Waals surface area contributed by atoms with Crippen LogP contribution in [0.2, 0.25) is 0 Å². The summed E-state index contributed by atoms with van der Waals surface area (Å²) in [5.74, 6) is 0.249. The molecule has 0 radical (unpaired) electrons. The molecule has 0 saturated heterocycles. The third-order valence-electron chi connectivity index (χ3n) is 2.89. The number of aromatic nitrogens is 5. The maximum Gasteiger partial charge on any atom is 0.335 e. The van der Waals surface area contributed by atoms with Crippen LogP contribution >= 0.6 is 0 Å². The van der Waals surface area contributed by atoms with Gasteiger partial charge in [0.1, 0.15) is 12.1 Å². The standard InChI is InChI=1S/C13H12N6O2/c1-8-4-11(19-13(18-8)16-7-17-19)15-6-10-5-9(12(20)21)2-3-14-10/h2-5,7,15H,6H2,1H3,(H,20,21). The number of nitrogens with one attached hydrogen (secondary N) is 1. The second-order valence-electron chi connectivity index (χ2n) is 4.45. The molecule has 0 amide bonds. The average molecular weight is 284 g/mol. The van der Waals surface area contributed by atoms with Crippen molar-refractivity contribution in [2.75, 3.05) is 5.32 Å². The molecule has 0 aliphatic carbocycles. The van der Waals surface area contributed by atoms with Gasteiger partial charge >= 0.3 is 5.97 Å². The number of hydrogen-bond donors (Lipinski definition) is 2. The molecule has 3 heterocycles. The summed E-state index contributed by atoms with van der Waals surface area (Å²) >= 11 is 0. The molecule has 0 saturated carbocycles. The molecule has 0 spiro atoms. The lowest BCUT2D eigenvalue weighted by Gasteiger charge is -2.08. The van der Waals surface area contributed by atoms with Crippen LogP contribution in [0, 0.1) is 6.92 Å². The van der Waals surface area contributed by atoms with E-state index in [-0.39, 0.29) is 5.56 Å². The highest BCUT2D eigenvalue weighted by Gasteiger charge is 2.07.